The molecule has 1 heterocycles. The number of piperazine rings is 1. The van der Waals surface area contributed by atoms with Crippen LogP contribution in [-0.2, 0) is 10.0 Å². The molecular weight excluding hydrogens is 402 g/mol. The first-order valence-corrected chi connectivity index (χ1v) is 10.6. The molecule has 0 atom stereocenters. The molecule has 5 nitrogen and oxygen atoms in total. The Balaban J connectivity index is 1.84. The average molecular weight is 424 g/mol. The number of sulfonamides is 1. The summed E-state index contributed by atoms with van der Waals surface area (Å²) in [6.45, 7) is 6.97. The molecule has 1 N–H and O–H groups in total. The van der Waals surface area contributed by atoms with E-state index in [1.165, 1.54) is 0 Å². The van der Waals surface area contributed by atoms with Crippen LogP contribution < -0.4 is 9.62 Å². The van der Waals surface area contributed by atoms with Gasteiger partial charge in [-0.05, 0) is 36.9 Å². The van der Waals surface area contributed by atoms with Crippen LogP contribution in [0.5, 0.6) is 0 Å². The first kappa shape index (κ1) is 18.2. The van der Waals surface area contributed by atoms with E-state index >= 15 is 0 Å². The Labute approximate surface area is 157 Å². The normalized spacial score (nSPS) is 16.0. The number of anilines is 2. The lowest BCUT2D eigenvalue weighted by atomic mass is 10.2. The van der Waals surface area contributed by atoms with Gasteiger partial charge in [0.2, 0.25) is 0 Å². The number of rotatable bonds is 5. The third-order valence-corrected chi connectivity index (χ3v) is 6.27. The van der Waals surface area contributed by atoms with E-state index in [1.807, 2.05) is 24.3 Å². The molecule has 0 amide bonds. The van der Waals surface area contributed by atoms with E-state index in [0.29, 0.717) is 5.69 Å². The lowest BCUT2D eigenvalue weighted by molar-refractivity contribution is 0.271. The largest absolute Gasteiger partial charge is 0.367 e. The van der Waals surface area contributed by atoms with Gasteiger partial charge in [-0.15, -0.1) is 0 Å². The summed E-state index contributed by atoms with van der Waals surface area (Å²) in [5.41, 5.74) is 1.55. The summed E-state index contributed by atoms with van der Waals surface area (Å²) in [5, 5.41) is 0. The van der Waals surface area contributed by atoms with Crippen molar-refractivity contribution < 1.29 is 8.42 Å². The molecule has 0 aromatic heterocycles. The minimum absolute atomic E-state index is 0.243. The molecule has 134 valence electrons. The van der Waals surface area contributed by atoms with Crippen LogP contribution in [0.3, 0.4) is 0 Å². The molecule has 7 heteroatoms. The summed E-state index contributed by atoms with van der Waals surface area (Å²) >= 11 is 3.32. The number of halogens is 1. The van der Waals surface area contributed by atoms with Crippen molar-refractivity contribution in [3.05, 3.63) is 53.0 Å². The smallest absolute Gasteiger partial charge is 0.262 e. The summed E-state index contributed by atoms with van der Waals surface area (Å²) in [6.07, 6.45) is 0. The number of benzene rings is 2. The second kappa shape index (κ2) is 7.76. The summed E-state index contributed by atoms with van der Waals surface area (Å²) in [6, 6.07) is 14.3. The quantitative estimate of drug-likeness (QED) is 0.800. The number of para-hydroxylation sites is 2. The van der Waals surface area contributed by atoms with E-state index in [2.05, 4.69) is 37.4 Å². The average Bonchev–Trinajstić information content (AvgIpc) is 2.62. The van der Waals surface area contributed by atoms with E-state index in [0.717, 1.165) is 42.9 Å². The zero-order chi connectivity index (χ0) is 17.9. The molecular formula is C18H22BrN3O2S. The van der Waals surface area contributed by atoms with Crippen molar-refractivity contribution in [3.63, 3.8) is 0 Å². The molecule has 2 aromatic rings. The van der Waals surface area contributed by atoms with Crippen molar-refractivity contribution in [1.29, 1.82) is 0 Å². The molecule has 3 rings (SSSR count). The second-order valence-electron chi connectivity index (χ2n) is 6.00. The molecule has 0 bridgehead atoms. The number of hydrogen-bond acceptors (Lipinski definition) is 4. The fraction of sp³-hybridized carbons (Fsp3) is 0.333. The fourth-order valence-electron chi connectivity index (χ4n) is 2.98. The van der Waals surface area contributed by atoms with Crippen LogP contribution in [0.2, 0.25) is 0 Å². The van der Waals surface area contributed by atoms with Gasteiger partial charge in [-0.25, -0.2) is 8.42 Å². The van der Waals surface area contributed by atoms with E-state index in [1.54, 1.807) is 24.3 Å². The summed E-state index contributed by atoms with van der Waals surface area (Å²) in [4.78, 5) is 4.88. The topological polar surface area (TPSA) is 52.6 Å². The van der Waals surface area contributed by atoms with Gasteiger partial charge in [-0.3, -0.25) is 4.72 Å². The summed E-state index contributed by atoms with van der Waals surface area (Å²) in [5.74, 6) is 0. The summed E-state index contributed by atoms with van der Waals surface area (Å²) in [7, 11) is -3.63. The lowest BCUT2D eigenvalue weighted by Crippen LogP contribution is -2.46. The molecule has 2 aromatic carbocycles. The highest BCUT2D eigenvalue weighted by Crippen LogP contribution is 2.29. The Hall–Kier alpha value is -1.57. The Morgan fingerprint density at radius 3 is 2.44 bits per heavy atom. The highest BCUT2D eigenvalue weighted by atomic mass is 79.9. The Morgan fingerprint density at radius 2 is 1.76 bits per heavy atom. The van der Waals surface area contributed by atoms with Crippen LogP contribution in [0.25, 0.3) is 0 Å². The second-order valence-corrected chi connectivity index (χ2v) is 8.60. The van der Waals surface area contributed by atoms with Crippen molar-refractivity contribution in [2.24, 2.45) is 0 Å². The zero-order valence-electron chi connectivity index (χ0n) is 14.2. The van der Waals surface area contributed by atoms with Gasteiger partial charge in [0, 0.05) is 30.7 Å². The minimum atomic E-state index is -3.63. The number of nitrogens with zero attached hydrogens (tertiary/aromatic N) is 2. The standard InChI is InChI=1S/C18H22BrN3O2S/c1-2-21-10-12-22(13-11-21)18-9-4-3-8-17(18)20-25(23,24)16-7-5-6-15(19)14-16/h3-9,14,20H,2,10-13H2,1H3. The number of nitrogens with one attached hydrogen (secondary N) is 1. The molecule has 0 spiro atoms. The molecule has 1 aliphatic rings. The number of hydrogen-bond donors (Lipinski definition) is 1. The molecule has 0 unspecified atom stereocenters. The third kappa shape index (κ3) is 4.34. The Kier molecular flexibility index (Phi) is 5.66. The lowest BCUT2D eigenvalue weighted by Gasteiger charge is -2.36. The van der Waals surface area contributed by atoms with Crippen LogP contribution in [-0.4, -0.2) is 46.0 Å². The van der Waals surface area contributed by atoms with Gasteiger partial charge in [-0.1, -0.05) is 41.1 Å². The van der Waals surface area contributed by atoms with Crippen molar-refractivity contribution in [2.75, 3.05) is 42.3 Å². The van der Waals surface area contributed by atoms with Gasteiger partial charge in [0.05, 0.1) is 16.3 Å². The van der Waals surface area contributed by atoms with Gasteiger partial charge in [0.15, 0.2) is 0 Å². The molecule has 0 radical (unpaired) electrons. The Morgan fingerprint density at radius 1 is 1.04 bits per heavy atom. The summed E-state index contributed by atoms with van der Waals surface area (Å²) < 4.78 is 28.9. The third-order valence-electron chi connectivity index (χ3n) is 4.41. The van der Waals surface area contributed by atoms with Gasteiger partial charge < -0.3 is 9.80 Å². The van der Waals surface area contributed by atoms with E-state index < -0.39 is 10.0 Å². The molecule has 25 heavy (non-hydrogen) atoms. The molecule has 1 fully saturated rings. The van der Waals surface area contributed by atoms with Crippen LogP contribution >= 0.6 is 15.9 Å². The highest BCUT2D eigenvalue weighted by molar-refractivity contribution is 9.10. The SMILES string of the molecule is CCN1CCN(c2ccccc2NS(=O)(=O)c2cccc(Br)c2)CC1. The highest BCUT2D eigenvalue weighted by Gasteiger charge is 2.21. The van der Waals surface area contributed by atoms with E-state index in [-0.39, 0.29) is 4.90 Å². The zero-order valence-corrected chi connectivity index (χ0v) is 16.6. The maximum Gasteiger partial charge on any atom is 0.262 e. The van der Waals surface area contributed by atoms with Crippen molar-refractivity contribution in [1.82, 2.24) is 4.90 Å². The van der Waals surface area contributed by atoms with Gasteiger partial charge in [0.25, 0.3) is 10.0 Å². The predicted octanol–water partition coefficient (Wildman–Crippen LogP) is 3.39. The van der Waals surface area contributed by atoms with E-state index in [9.17, 15) is 8.42 Å². The molecule has 0 saturated carbocycles. The van der Waals surface area contributed by atoms with Crippen molar-refractivity contribution in [3.8, 4) is 0 Å². The Bertz CT molecular complexity index is 834. The minimum Gasteiger partial charge on any atom is -0.367 e. The van der Waals surface area contributed by atoms with Gasteiger partial charge in [-0.2, -0.15) is 0 Å². The van der Waals surface area contributed by atoms with Crippen molar-refractivity contribution >= 4 is 37.3 Å². The maximum absolute atomic E-state index is 12.7. The molecule has 1 aliphatic heterocycles. The molecule has 1 saturated heterocycles. The van der Waals surface area contributed by atoms with Crippen LogP contribution in [0, 0.1) is 0 Å². The maximum atomic E-state index is 12.7. The van der Waals surface area contributed by atoms with Gasteiger partial charge in [0.1, 0.15) is 0 Å². The predicted molar refractivity (Wildman–Crippen MR) is 106 cm³/mol. The van der Waals surface area contributed by atoms with Crippen LogP contribution in [0.15, 0.2) is 57.9 Å². The van der Waals surface area contributed by atoms with Crippen LogP contribution in [0.1, 0.15) is 6.92 Å². The van der Waals surface area contributed by atoms with Gasteiger partial charge >= 0.3 is 0 Å². The first-order valence-electron chi connectivity index (χ1n) is 8.34. The van der Waals surface area contributed by atoms with E-state index in [4.69, 9.17) is 0 Å². The first-order chi connectivity index (χ1) is 12.0. The van der Waals surface area contributed by atoms with Crippen molar-refractivity contribution in [2.45, 2.75) is 11.8 Å². The fourth-order valence-corrected chi connectivity index (χ4v) is 4.65. The monoisotopic (exact) mass is 423 g/mol. The number of likely N-dealkylation sites (N-methyl/N-ethyl adjacent to an activating group) is 1. The van der Waals surface area contributed by atoms with Crippen LogP contribution in [0.4, 0.5) is 11.4 Å². The molecule has 0 aliphatic carbocycles.